The summed E-state index contributed by atoms with van der Waals surface area (Å²) in [5.41, 5.74) is 3.82. The van der Waals surface area contributed by atoms with Crippen LogP contribution in [0.15, 0.2) is 108 Å². The van der Waals surface area contributed by atoms with E-state index in [0.29, 0.717) is 34.9 Å². The topological polar surface area (TPSA) is 98.4 Å². The van der Waals surface area contributed by atoms with E-state index in [4.69, 9.17) is 14.3 Å². The van der Waals surface area contributed by atoms with Crippen LogP contribution in [0.1, 0.15) is 26.5 Å². The second kappa shape index (κ2) is 10.7. The number of anilines is 2. The lowest BCUT2D eigenvalue weighted by atomic mass is 10.1. The second-order valence-corrected chi connectivity index (χ2v) is 8.27. The SMILES string of the molecule is COc1cccc(-c2nn(Cc3ccccc3)cc2C(=O)Nc2cccc(NC(=O)c3ccco3)c2)c1. The van der Waals surface area contributed by atoms with Gasteiger partial charge in [0.25, 0.3) is 11.8 Å². The third-order valence-corrected chi connectivity index (χ3v) is 5.66. The Morgan fingerprint density at radius 3 is 2.35 bits per heavy atom. The van der Waals surface area contributed by atoms with E-state index >= 15 is 0 Å². The molecule has 2 amide bonds. The van der Waals surface area contributed by atoms with Crippen LogP contribution in [0.5, 0.6) is 5.75 Å². The molecule has 0 spiro atoms. The number of aromatic nitrogens is 2. The lowest BCUT2D eigenvalue weighted by molar-refractivity contribution is 0.0995. The molecule has 0 aliphatic carbocycles. The van der Waals surface area contributed by atoms with Gasteiger partial charge < -0.3 is 19.8 Å². The summed E-state index contributed by atoms with van der Waals surface area (Å²) in [6.07, 6.45) is 3.17. The van der Waals surface area contributed by atoms with Gasteiger partial charge in [-0.1, -0.05) is 48.5 Å². The van der Waals surface area contributed by atoms with E-state index in [0.717, 1.165) is 11.1 Å². The molecule has 0 saturated heterocycles. The molecular weight excluding hydrogens is 468 g/mol. The van der Waals surface area contributed by atoms with Crippen molar-refractivity contribution in [2.75, 3.05) is 17.7 Å². The maximum Gasteiger partial charge on any atom is 0.291 e. The zero-order chi connectivity index (χ0) is 25.6. The van der Waals surface area contributed by atoms with Crippen LogP contribution >= 0.6 is 0 Å². The molecule has 184 valence electrons. The van der Waals surface area contributed by atoms with Crippen LogP contribution in [-0.4, -0.2) is 28.7 Å². The number of carbonyl (C=O) groups is 2. The normalized spacial score (nSPS) is 10.6. The molecule has 2 aromatic heterocycles. The first-order valence-corrected chi connectivity index (χ1v) is 11.6. The lowest BCUT2D eigenvalue weighted by Gasteiger charge is -2.09. The van der Waals surface area contributed by atoms with Crippen molar-refractivity contribution in [3.63, 3.8) is 0 Å². The Morgan fingerprint density at radius 2 is 1.62 bits per heavy atom. The zero-order valence-electron chi connectivity index (χ0n) is 20.0. The van der Waals surface area contributed by atoms with Crippen LogP contribution < -0.4 is 15.4 Å². The predicted octanol–water partition coefficient (Wildman–Crippen LogP) is 5.70. The highest BCUT2D eigenvalue weighted by atomic mass is 16.5. The van der Waals surface area contributed by atoms with Crippen molar-refractivity contribution in [1.29, 1.82) is 0 Å². The largest absolute Gasteiger partial charge is 0.497 e. The van der Waals surface area contributed by atoms with Gasteiger partial charge >= 0.3 is 0 Å². The lowest BCUT2D eigenvalue weighted by Crippen LogP contribution is -2.14. The van der Waals surface area contributed by atoms with E-state index in [1.54, 1.807) is 54.4 Å². The number of nitrogens with one attached hydrogen (secondary N) is 2. The molecule has 0 atom stereocenters. The van der Waals surface area contributed by atoms with E-state index < -0.39 is 0 Å². The van der Waals surface area contributed by atoms with Gasteiger partial charge in [0.1, 0.15) is 11.4 Å². The number of benzene rings is 3. The minimum absolute atomic E-state index is 0.197. The highest BCUT2D eigenvalue weighted by molar-refractivity contribution is 6.08. The average Bonchev–Trinajstić information content (AvgIpc) is 3.60. The van der Waals surface area contributed by atoms with Gasteiger partial charge in [-0.15, -0.1) is 0 Å². The van der Waals surface area contributed by atoms with E-state index in [2.05, 4.69) is 10.6 Å². The van der Waals surface area contributed by atoms with Crippen molar-refractivity contribution < 1.29 is 18.7 Å². The van der Waals surface area contributed by atoms with Crippen LogP contribution in [0.2, 0.25) is 0 Å². The Morgan fingerprint density at radius 1 is 0.865 bits per heavy atom. The molecule has 2 N–H and O–H groups in total. The Labute approximate surface area is 213 Å². The number of nitrogens with zero attached hydrogens (tertiary/aromatic N) is 2. The summed E-state index contributed by atoms with van der Waals surface area (Å²) >= 11 is 0. The Bertz CT molecular complexity index is 1520. The number of methoxy groups -OCH3 is 1. The van der Waals surface area contributed by atoms with Crippen molar-refractivity contribution in [1.82, 2.24) is 9.78 Å². The number of amides is 2. The first kappa shape index (κ1) is 23.6. The van der Waals surface area contributed by atoms with Gasteiger partial charge in [-0.25, -0.2) is 0 Å². The monoisotopic (exact) mass is 492 g/mol. The van der Waals surface area contributed by atoms with Crippen molar-refractivity contribution in [2.45, 2.75) is 6.54 Å². The molecule has 0 aliphatic heterocycles. The molecule has 5 rings (SSSR count). The molecule has 0 bridgehead atoms. The standard InChI is InChI=1S/C29H24N4O4/c1-36-24-13-5-10-21(16-24)27-25(19-33(32-27)18-20-8-3-2-4-9-20)28(34)30-22-11-6-12-23(17-22)31-29(35)26-14-7-15-37-26/h2-17,19H,18H2,1H3,(H,30,34)(H,31,35). The fourth-order valence-electron chi connectivity index (χ4n) is 3.90. The molecule has 8 heteroatoms. The van der Waals surface area contributed by atoms with E-state index in [-0.39, 0.29) is 17.6 Å². The van der Waals surface area contributed by atoms with Crippen LogP contribution in [0, 0.1) is 0 Å². The third kappa shape index (κ3) is 5.59. The van der Waals surface area contributed by atoms with Gasteiger partial charge in [0.15, 0.2) is 5.76 Å². The van der Waals surface area contributed by atoms with Gasteiger partial charge in [0, 0.05) is 23.1 Å². The summed E-state index contributed by atoms with van der Waals surface area (Å²) in [5.74, 6) is 0.160. The van der Waals surface area contributed by atoms with Crippen molar-refractivity contribution in [3.05, 3.63) is 120 Å². The first-order chi connectivity index (χ1) is 18.1. The maximum absolute atomic E-state index is 13.5. The average molecular weight is 493 g/mol. The van der Waals surface area contributed by atoms with E-state index in [9.17, 15) is 9.59 Å². The van der Waals surface area contributed by atoms with Crippen molar-refractivity contribution in [2.24, 2.45) is 0 Å². The maximum atomic E-state index is 13.5. The number of rotatable bonds is 8. The molecule has 0 saturated carbocycles. The summed E-state index contributed by atoms with van der Waals surface area (Å²) in [6, 6.07) is 27.5. The van der Waals surface area contributed by atoms with Gasteiger partial charge in [0.05, 0.1) is 25.5 Å². The van der Waals surface area contributed by atoms with Gasteiger partial charge in [-0.2, -0.15) is 5.10 Å². The smallest absolute Gasteiger partial charge is 0.291 e. The molecule has 3 aromatic carbocycles. The summed E-state index contributed by atoms with van der Waals surface area (Å²) in [7, 11) is 1.60. The number of hydrogen-bond donors (Lipinski definition) is 2. The second-order valence-electron chi connectivity index (χ2n) is 8.27. The summed E-state index contributed by atoms with van der Waals surface area (Å²) < 4.78 is 12.3. The minimum atomic E-state index is -0.379. The van der Waals surface area contributed by atoms with Gasteiger partial charge in [-0.05, 0) is 48.0 Å². The number of furan rings is 1. The highest BCUT2D eigenvalue weighted by Crippen LogP contribution is 2.27. The summed E-state index contributed by atoms with van der Waals surface area (Å²) in [6.45, 7) is 0.513. The quantitative estimate of drug-likeness (QED) is 0.289. The predicted molar refractivity (Wildman–Crippen MR) is 141 cm³/mol. The minimum Gasteiger partial charge on any atom is -0.497 e. The fraction of sp³-hybridized carbons (Fsp3) is 0.0690. The molecule has 0 fully saturated rings. The number of carbonyl (C=O) groups excluding carboxylic acids is 2. The number of ether oxygens (including phenoxy) is 1. The molecular formula is C29H24N4O4. The first-order valence-electron chi connectivity index (χ1n) is 11.6. The van der Waals surface area contributed by atoms with Crippen LogP contribution in [-0.2, 0) is 6.54 Å². The zero-order valence-corrected chi connectivity index (χ0v) is 20.0. The highest BCUT2D eigenvalue weighted by Gasteiger charge is 2.19. The van der Waals surface area contributed by atoms with Gasteiger partial charge in [0.2, 0.25) is 0 Å². The molecule has 37 heavy (non-hydrogen) atoms. The molecule has 0 unspecified atom stereocenters. The fourth-order valence-corrected chi connectivity index (χ4v) is 3.90. The molecule has 5 aromatic rings. The summed E-state index contributed by atoms with van der Waals surface area (Å²) in [5, 5.41) is 10.4. The van der Waals surface area contributed by atoms with Crippen molar-refractivity contribution in [3.8, 4) is 17.0 Å². The van der Waals surface area contributed by atoms with Gasteiger partial charge in [-0.3, -0.25) is 14.3 Å². The van der Waals surface area contributed by atoms with E-state index in [1.807, 2.05) is 54.6 Å². The molecule has 0 radical (unpaired) electrons. The van der Waals surface area contributed by atoms with Crippen LogP contribution in [0.25, 0.3) is 11.3 Å². The number of hydrogen-bond acceptors (Lipinski definition) is 5. The van der Waals surface area contributed by atoms with Crippen molar-refractivity contribution >= 4 is 23.2 Å². The molecule has 0 aliphatic rings. The third-order valence-electron chi connectivity index (χ3n) is 5.66. The van der Waals surface area contributed by atoms with Crippen LogP contribution in [0.3, 0.4) is 0 Å². The Hall–Kier alpha value is -5.11. The molecule has 2 heterocycles. The Kier molecular flexibility index (Phi) is 6.80. The van der Waals surface area contributed by atoms with E-state index in [1.165, 1.54) is 6.26 Å². The Balaban J connectivity index is 1.42. The van der Waals surface area contributed by atoms with Crippen LogP contribution in [0.4, 0.5) is 11.4 Å². The molecule has 8 nitrogen and oxygen atoms in total. The summed E-state index contributed by atoms with van der Waals surface area (Å²) in [4.78, 5) is 25.8.